The summed E-state index contributed by atoms with van der Waals surface area (Å²) in [6.45, 7) is 1.24. The van der Waals surface area contributed by atoms with Crippen LogP contribution in [0.25, 0.3) is 22.3 Å². The molecule has 37 heavy (non-hydrogen) atoms. The third-order valence-corrected chi connectivity index (χ3v) is 7.28. The van der Waals surface area contributed by atoms with E-state index in [1.54, 1.807) is 24.3 Å². The van der Waals surface area contributed by atoms with Gasteiger partial charge in [0, 0.05) is 22.5 Å². The summed E-state index contributed by atoms with van der Waals surface area (Å²) in [4.78, 5) is 29.3. The van der Waals surface area contributed by atoms with Gasteiger partial charge < -0.3 is 9.47 Å². The van der Waals surface area contributed by atoms with Crippen molar-refractivity contribution in [2.24, 2.45) is 5.10 Å². The topological polar surface area (TPSA) is 82.8 Å². The van der Waals surface area contributed by atoms with E-state index in [1.807, 2.05) is 0 Å². The first-order chi connectivity index (χ1) is 17.5. The lowest BCUT2D eigenvalue weighted by Crippen LogP contribution is -2.20. The third-order valence-electron chi connectivity index (χ3n) is 5.14. The molecule has 0 N–H and O–H groups in total. The van der Waals surface area contributed by atoms with Gasteiger partial charge in [-0.15, -0.1) is 0 Å². The van der Waals surface area contributed by atoms with Crippen molar-refractivity contribution in [2.45, 2.75) is 13.1 Å². The maximum Gasteiger partial charge on any atom is 0.416 e. The molecule has 0 aliphatic rings. The van der Waals surface area contributed by atoms with Crippen molar-refractivity contribution in [1.82, 2.24) is 9.66 Å². The van der Waals surface area contributed by atoms with Crippen LogP contribution in [0, 0.1) is 0 Å². The number of fused-ring (bicyclic) bond motifs is 1. The normalized spacial score (nSPS) is 11.8. The molecule has 1 aromatic heterocycles. The number of ether oxygens (including phenoxy) is 2. The monoisotopic (exact) mass is 637 g/mol. The molecular weight excluding hydrogens is 623 g/mol. The van der Waals surface area contributed by atoms with Gasteiger partial charge in [-0.3, -0.25) is 9.59 Å². The van der Waals surface area contributed by atoms with E-state index in [4.69, 9.17) is 9.47 Å². The molecule has 0 saturated heterocycles. The van der Waals surface area contributed by atoms with Gasteiger partial charge >= 0.3 is 12.1 Å². The summed E-state index contributed by atoms with van der Waals surface area (Å²) >= 11 is 6.75. The van der Waals surface area contributed by atoms with Crippen LogP contribution in [0.2, 0.25) is 0 Å². The van der Waals surface area contributed by atoms with Crippen molar-refractivity contribution in [2.75, 3.05) is 7.11 Å². The molecule has 7 nitrogen and oxygen atoms in total. The van der Waals surface area contributed by atoms with Crippen molar-refractivity contribution in [1.29, 1.82) is 0 Å². The zero-order chi connectivity index (χ0) is 26.9. The van der Waals surface area contributed by atoms with Gasteiger partial charge in [0.25, 0.3) is 5.56 Å². The largest absolute Gasteiger partial charge is 0.493 e. The Balaban J connectivity index is 1.93. The van der Waals surface area contributed by atoms with E-state index in [-0.39, 0.29) is 28.3 Å². The summed E-state index contributed by atoms with van der Waals surface area (Å²) in [5, 5.41) is 4.52. The van der Waals surface area contributed by atoms with E-state index in [0.29, 0.717) is 20.0 Å². The summed E-state index contributed by atoms with van der Waals surface area (Å²) < 4.78 is 52.4. The summed E-state index contributed by atoms with van der Waals surface area (Å²) in [5.41, 5.74) is -0.691. The van der Waals surface area contributed by atoms with E-state index in [1.165, 1.54) is 38.4 Å². The molecule has 0 fully saturated rings. The lowest BCUT2D eigenvalue weighted by Gasteiger charge is -2.14. The Kier molecular flexibility index (Phi) is 7.51. The van der Waals surface area contributed by atoms with E-state index >= 15 is 0 Å². The Bertz CT molecular complexity index is 1620. The van der Waals surface area contributed by atoms with Crippen LogP contribution < -0.4 is 15.0 Å². The predicted octanol–water partition coefficient (Wildman–Crippen LogP) is 6.42. The molecule has 0 bridgehead atoms. The molecule has 0 aliphatic heterocycles. The molecule has 0 saturated carbocycles. The molecule has 4 rings (SSSR count). The van der Waals surface area contributed by atoms with Gasteiger partial charge in [-0.05, 0) is 62.2 Å². The molecular formula is C25H16Br2F3N3O4. The van der Waals surface area contributed by atoms with Crippen molar-refractivity contribution in [3.8, 4) is 22.9 Å². The van der Waals surface area contributed by atoms with Gasteiger partial charge in [0.2, 0.25) is 0 Å². The second kappa shape index (κ2) is 10.5. The highest BCUT2D eigenvalue weighted by atomic mass is 79.9. The number of nitrogens with zero attached hydrogens (tertiary/aromatic N) is 3. The van der Waals surface area contributed by atoms with Gasteiger partial charge in [0.1, 0.15) is 0 Å². The third kappa shape index (κ3) is 5.44. The van der Waals surface area contributed by atoms with Crippen molar-refractivity contribution in [3.63, 3.8) is 0 Å². The minimum Gasteiger partial charge on any atom is -0.493 e. The number of methoxy groups -OCH3 is 1. The minimum absolute atomic E-state index is 0.0536. The van der Waals surface area contributed by atoms with Gasteiger partial charge in [0.15, 0.2) is 17.3 Å². The van der Waals surface area contributed by atoms with Crippen LogP contribution in [0.1, 0.15) is 18.1 Å². The van der Waals surface area contributed by atoms with Crippen LogP contribution in [0.5, 0.6) is 11.5 Å². The first-order valence-electron chi connectivity index (χ1n) is 10.5. The van der Waals surface area contributed by atoms with Crippen LogP contribution in [-0.2, 0) is 11.0 Å². The number of hydrogen-bond acceptors (Lipinski definition) is 6. The number of alkyl halides is 3. The maximum absolute atomic E-state index is 13.4. The van der Waals surface area contributed by atoms with Gasteiger partial charge in [0.05, 0.1) is 34.3 Å². The lowest BCUT2D eigenvalue weighted by molar-refractivity contribution is -0.137. The molecule has 190 valence electrons. The summed E-state index contributed by atoms with van der Waals surface area (Å²) in [6, 6.07) is 12.5. The Hall–Kier alpha value is -3.51. The van der Waals surface area contributed by atoms with E-state index in [2.05, 4.69) is 41.9 Å². The zero-order valence-corrected chi connectivity index (χ0v) is 22.3. The van der Waals surface area contributed by atoms with Crippen molar-refractivity contribution < 1.29 is 27.4 Å². The average Bonchev–Trinajstić information content (AvgIpc) is 2.86. The molecule has 0 radical (unpaired) electrons. The second-order valence-electron chi connectivity index (χ2n) is 7.61. The number of para-hydroxylation sites is 1. The number of carbonyl (C=O) groups is 1. The predicted molar refractivity (Wildman–Crippen MR) is 139 cm³/mol. The molecule has 0 amide bonds. The number of carbonyl (C=O) groups excluding carboxylic acids is 1. The summed E-state index contributed by atoms with van der Waals surface area (Å²) in [6.07, 6.45) is -3.28. The van der Waals surface area contributed by atoms with Gasteiger partial charge in [-0.1, -0.05) is 24.3 Å². The Labute approximate surface area is 224 Å². The molecule has 0 spiro atoms. The Morgan fingerprint density at radius 2 is 1.81 bits per heavy atom. The number of hydrogen-bond donors (Lipinski definition) is 0. The fourth-order valence-corrected chi connectivity index (χ4v) is 4.36. The summed E-state index contributed by atoms with van der Waals surface area (Å²) in [5.74, 6) is -0.307. The number of aromatic nitrogens is 2. The SMILES string of the molecule is COc1cc(C=Nn2c(-c3cccc(C(F)(F)F)c3)nc3ccccc3c2=O)c(Br)c(Br)c1OC(C)=O. The standard InChI is InChI=1S/C25H16Br2F3N3O4/c1-13(34)37-22-19(36-2)11-15(20(26)21(22)27)12-31-33-23(14-6-5-7-16(10-14)25(28,29)30)32-18-9-4-3-8-17(18)24(33)35/h3-12H,1-2H3. The van der Waals surface area contributed by atoms with E-state index in [9.17, 15) is 22.8 Å². The highest BCUT2D eigenvalue weighted by Crippen LogP contribution is 2.42. The molecule has 12 heteroatoms. The fraction of sp³-hybridized carbons (Fsp3) is 0.120. The lowest BCUT2D eigenvalue weighted by atomic mass is 10.1. The molecule has 4 aromatic rings. The average molecular weight is 639 g/mol. The molecule has 0 aliphatic carbocycles. The van der Waals surface area contributed by atoms with Crippen molar-refractivity contribution >= 4 is 54.9 Å². The van der Waals surface area contributed by atoms with Gasteiger partial charge in [-0.2, -0.15) is 22.9 Å². The van der Waals surface area contributed by atoms with Crippen LogP contribution in [0.15, 0.2) is 73.4 Å². The van der Waals surface area contributed by atoms with Crippen LogP contribution in [0.3, 0.4) is 0 Å². The maximum atomic E-state index is 13.4. The number of esters is 1. The number of benzene rings is 3. The van der Waals surface area contributed by atoms with Crippen LogP contribution >= 0.6 is 31.9 Å². The molecule has 3 aromatic carbocycles. The molecule has 0 atom stereocenters. The number of halogens is 5. The number of rotatable bonds is 5. The van der Waals surface area contributed by atoms with Crippen molar-refractivity contribution in [3.05, 3.63) is 85.0 Å². The van der Waals surface area contributed by atoms with E-state index in [0.717, 1.165) is 16.8 Å². The minimum atomic E-state index is -4.58. The summed E-state index contributed by atoms with van der Waals surface area (Å²) in [7, 11) is 1.38. The fourth-order valence-electron chi connectivity index (χ4n) is 3.46. The highest BCUT2D eigenvalue weighted by Gasteiger charge is 2.31. The smallest absolute Gasteiger partial charge is 0.416 e. The van der Waals surface area contributed by atoms with Crippen LogP contribution in [-0.4, -0.2) is 29.0 Å². The first kappa shape index (κ1) is 26.6. The van der Waals surface area contributed by atoms with Crippen LogP contribution in [0.4, 0.5) is 13.2 Å². The Morgan fingerprint density at radius 1 is 1.08 bits per heavy atom. The zero-order valence-electron chi connectivity index (χ0n) is 19.1. The Morgan fingerprint density at radius 3 is 2.49 bits per heavy atom. The first-order valence-corrected chi connectivity index (χ1v) is 12.1. The highest BCUT2D eigenvalue weighted by molar-refractivity contribution is 9.13. The quantitative estimate of drug-likeness (QED) is 0.143. The van der Waals surface area contributed by atoms with Gasteiger partial charge in [-0.25, -0.2) is 4.98 Å². The molecule has 0 unspecified atom stereocenters. The molecule has 1 heterocycles. The van der Waals surface area contributed by atoms with E-state index < -0.39 is 23.3 Å². The second-order valence-corrected chi connectivity index (χ2v) is 9.20.